The Hall–Kier alpha value is -2.72. The Balaban J connectivity index is 1.85. The first kappa shape index (κ1) is 12.8. The third-order valence-corrected chi connectivity index (χ3v) is 5.37. The topological polar surface area (TPSA) is 42.1 Å². The van der Waals surface area contributed by atoms with E-state index in [2.05, 4.69) is 17.1 Å². The molecule has 2 heterocycles. The lowest BCUT2D eigenvalue weighted by Crippen LogP contribution is -2.08. The molecule has 0 atom stereocenters. The van der Waals surface area contributed by atoms with Crippen LogP contribution in [0.25, 0.3) is 21.7 Å². The van der Waals surface area contributed by atoms with Gasteiger partial charge in [0.2, 0.25) is 0 Å². The van der Waals surface area contributed by atoms with Crippen molar-refractivity contribution in [3.63, 3.8) is 0 Å². The van der Waals surface area contributed by atoms with Crippen LogP contribution in [0.15, 0.2) is 70.5 Å². The number of carbonyl (C=O) groups excluding carboxylic acids is 1. The van der Waals surface area contributed by atoms with E-state index in [1.807, 2.05) is 48.5 Å². The maximum absolute atomic E-state index is 12.5. The summed E-state index contributed by atoms with van der Waals surface area (Å²) in [6, 6.07) is 20.0. The molecule has 4 heteroatoms. The van der Waals surface area contributed by atoms with Crippen LogP contribution in [0.1, 0.15) is 10.5 Å². The molecule has 0 radical (unpaired) electrons. The molecule has 1 aliphatic rings. The number of carbonyl (C=O) groups is 1. The summed E-state index contributed by atoms with van der Waals surface area (Å²) in [5, 5.41) is 3.28. The first-order valence-electron chi connectivity index (χ1n) is 7.34. The molecule has 0 saturated carbocycles. The van der Waals surface area contributed by atoms with Gasteiger partial charge in [0.15, 0.2) is 0 Å². The van der Waals surface area contributed by atoms with Crippen LogP contribution >= 0.6 is 11.8 Å². The van der Waals surface area contributed by atoms with Gasteiger partial charge in [-0.2, -0.15) is 0 Å². The fraction of sp³-hybridized carbons (Fsp3) is 0. The Bertz CT molecular complexity index is 1100. The number of benzene rings is 3. The van der Waals surface area contributed by atoms with Gasteiger partial charge in [-0.1, -0.05) is 60.3 Å². The van der Waals surface area contributed by atoms with Crippen LogP contribution in [0.3, 0.4) is 0 Å². The lowest BCUT2D eigenvalue weighted by Gasteiger charge is -2.09. The van der Waals surface area contributed by atoms with Gasteiger partial charge in [-0.15, -0.1) is 0 Å². The van der Waals surface area contributed by atoms with Crippen molar-refractivity contribution in [3.05, 3.63) is 66.4 Å². The monoisotopic (exact) mass is 317 g/mol. The fourth-order valence-electron chi connectivity index (χ4n) is 3.03. The number of para-hydroxylation sites is 1. The Labute approximate surface area is 136 Å². The molecule has 0 fully saturated rings. The van der Waals surface area contributed by atoms with E-state index in [1.165, 1.54) is 0 Å². The molecule has 1 N–H and O–H groups in total. The SMILES string of the molecule is O=C1Oc2ccc3ccccc3c2Sc2c1[nH]c1ccccc21. The molecule has 1 aromatic heterocycles. The number of hydrogen-bond acceptors (Lipinski definition) is 3. The van der Waals surface area contributed by atoms with Crippen molar-refractivity contribution in [1.29, 1.82) is 0 Å². The van der Waals surface area contributed by atoms with Crippen molar-refractivity contribution in [1.82, 2.24) is 4.98 Å². The van der Waals surface area contributed by atoms with Gasteiger partial charge >= 0.3 is 5.97 Å². The first-order valence-corrected chi connectivity index (χ1v) is 8.15. The molecule has 0 spiro atoms. The second-order valence-electron chi connectivity index (χ2n) is 5.48. The molecule has 3 aromatic carbocycles. The second-order valence-corrected chi connectivity index (χ2v) is 6.50. The summed E-state index contributed by atoms with van der Waals surface area (Å²) in [5.74, 6) is 0.283. The van der Waals surface area contributed by atoms with Crippen molar-refractivity contribution in [3.8, 4) is 5.75 Å². The first-order chi connectivity index (χ1) is 11.3. The van der Waals surface area contributed by atoms with Crippen LogP contribution in [0.2, 0.25) is 0 Å². The molecule has 110 valence electrons. The number of esters is 1. The fourth-order valence-corrected chi connectivity index (χ4v) is 4.26. The minimum atomic E-state index is -0.335. The Morgan fingerprint density at radius 2 is 1.61 bits per heavy atom. The standard InChI is InChI=1S/C19H11NO2S/c21-19-16-18(13-7-3-4-8-14(13)20-16)23-17-12-6-2-1-5-11(12)9-10-15(17)22-19/h1-10,20H. The van der Waals surface area contributed by atoms with Gasteiger partial charge < -0.3 is 9.72 Å². The third kappa shape index (κ3) is 1.82. The molecule has 3 nitrogen and oxygen atoms in total. The second kappa shape index (κ2) is 4.64. The van der Waals surface area contributed by atoms with E-state index in [9.17, 15) is 4.79 Å². The average molecular weight is 317 g/mol. The van der Waals surface area contributed by atoms with E-state index < -0.39 is 0 Å². The van der Waals surface area contributed by atoms with Crippen LogP contribution in [0, 0.1) is 0 Å². The Kier molecular flexibility index (Phi) is 2.58. The lowest BCUT2D eigenvalue weighted by atomic mass is 10.1. The smallest absolute Gasteiger partial charge is 0.361 e. The summed E-state index contributed by atoms with van der Waals surface area (Å²) in [7, 11) is 0. The van der Waals surface area contributed by atoms with E-state index >= 15 is 0 Å². The molecule has 4 aromatic rings. The van der Waals surface area contributed by atoms with Crippen molar-refractivity contribution in [2.45, 2.75) is 9.79 Å². The van der Waals surface area contributed by atoms with Gasteiger partial charge in [0.1, 0.15) is 11.4 Å². The molecule has 0 unspecified atom stereocenters. The summed E-state index contributed by atoms with van der Waals surface area (Å²) in [4.78, 5) is 17.6. The molecule has 0 bridgehead atoms. The number of rotatable bonds is 0. The minimum Gasteiger partial charge on any atom is -0.421 e. The Morgan fingerprint density at radius 3 is 2.52 bits per heavy atom. The quantitative estimate of drug-likeness (QED) is 0.366. The maximum Gasteiger partial charge on any atom is 0.361 e. The summed E-state index contributed by atoms with van der Waals surface area (Å²) in [6.07, 6.45) is 0. The van der Waals surface area contributed by atoms with Crippen LogP contribution < -0.4 is 4.74 Å². The highest BCUT2D eigenvalue weighted by Gasteiger charge is 2.27. The van der Waals surface area contributed by atoms with E-state index in [0.717, 1.165) is 31.5 Å². The van der Waals surface area contributed by atoms with E-state index in [1.54, 1.807) is 11.8 Å². The molecular formula is C19H11NO2S. The number of fused-ring (bicyclic) bond motifs is 6. The number of hydrogen-bond donors (Lipinski definition) is 1. The van der Waals surface area contributed by atoms with Gasteiger partial charge in [0.25, 0.3) is 0 Å². The largest absolute Gasteiger partial charge is 0.421 e. The predicted octanol–water partition coefficient (Wildman–Crippen LogP) is 5.00. The van der Waals surface area contributed by atoms with E-state index in [-0.39, 0.29) is 5.97 Å². The van der Waals surface area contributed by atoms with Crippen molar-refractivity contribution < 1.29 is 9.53 Å². The molecule has 1 aliphatic heterocycles. The zero-order chi connectivity index (χ0) is 15.4. The zero-order valence-corrected chi connectivity index (χ0v) is 12.8. The van der Waals surface area contributed by atoms with Crippen molar-refractivity contribution in [2.24, 2.45) is 0 Å². The van der Waals surface area contributed by atoms with Crippen LogP contribution in [-0.2, 0) is 0 Å². The molecule has 0 amide bonds. The molecule has 5 rings (SSSR count). The predicted molar refractivity (Wildman–Crippen MR) is 91.3 cm³/mol. The van der Waals surface area contributed by atoms with Crippen LogP contribution in [0.5, 0.6) is 5.75 Å². The van der Waals surface area contributed by atoms with Crippen LogP contribution in [-0.4, -0.2) is 11.0 Å². The summed E-state index contributed by atoms with van der Waals surface area (Å²) in [6.45, 7) is 0. The lowest BCUT2D eigenvalue weighted by molar-refractivity contribution is 0.0724. The highest BCUT2D eigenvalue weighted by Crippen LogP contribution is 2.46. The highest BCUT2D eigenvalue weighted by molar-refractivity contribution is 8.00. The minimum absolute atomic E-state index is 0.335. The molecular weight excluding hydrogens is 306 g/mol. The summed E-state index contributed by atoms with van der Waals surface area (Å²) in [5.41, 5.74) is 1.47. The number of nitrogens with one attached hydrogen (secondary N) is 1. The number of aromatic nitrogens is 1. The average Bonchev–Trinajstić information content (AvgIpc) is 2.89. The zero-order valence-electron chi connectivity index (χ0n) is 12.0. The summed E-state index contributed by atoms with van der Waals surface area (Å²) < 4.78 is 5.63. The third-order valence-electron chi connectivity index (χ3n) is 4.11. The van der Waals surface area contributed by atoms with Crippen LogP contribution in [0.4, 0.5) is 0 Å². The van der Waals surface area contributed by atoms with Gasteiger partial charge in [-0.05, 0) is 22.9 Å². The number of ether oxygens (including phenoxy) is 1. The molecule has 0 saturated heterocycles. The van der Waals surface area contributed by atoms with Gasteiger partial charge in [0.05, 0.1) is 9.79 Å². The Morgan fingerprint density at radius 1 is 0.826 bits per heavy atom. The normalized spacial score (nSPS) is 13.5. The van der Waals surface area contributed by atoms with Gasteiger partial charge in [0, 0.05) is 10.9 Å². The molecule has 23 heavy (non-hydrogen) atoms. The number of aromatic amines is 1. The maximum atomic E-state index is 12.5. The van der Waals surface area contributed by atoms with Gasteiger partial charge in [-0.3, -0.25) is 0 Å². The number of H-pyrrole nitrogens is 1. The highest BCUT2D eigenvalue weighted by atomic mass is 32.2. The summed E-state index contributed by atoms with van der Waals surface area (Å²) >= 11 is 1.60. The van der Waals surface area contributed by atoms with Crippen molar-refractivity contribution in [2.75, 3.05) is 0 Å². The van der Waals surface area contributed by atoms with Gasteiger partial charge in [-0.25, -0.2) is 4.79 Å². The van der Waals surface area contributed by atoms with Crippen molar-refractivity contribution >= 4 is 39.4 Å². The van der Waals surface area contributed by atoms with E-state index in [0.29, 0.717) is 11.4 Å². The molecule has 0 aliphatic carbocycles. The van der Waals surface area contributed by atoms with E-state index in [4.69, 9.17) is 4.74 Å².